The lowest BCUT2D eigenvalue weighted by Crippen LogP contribution is -2.12. The topological polar surface area (TPSA) is 76.7 Å². The smallest absolute Gasteiger partial charge is 0.375 e. The number of carboxylic acids is 1. The molecule has 0 aliphatic heterocycles. The predicted molar refractivity (Wildman–Crippen MR) is 90.2 cm³/mol. The highest BCUT2D eigenvalue weighted by Gasteiger charge is 2.22. The third kappa shape index (κ3) is 4.14. The van der Waals surface area contributed by atoms with Gasteiger partial charge in [-0.3, -0.25) is 4.79 Å². The zero-order valence-corrected chi connectivity index (χ0v) is 13.3. The molecule has 5 heteroatoms. The highest BCUT2D eigenvalue weighted by molar-refractivity contribution is 5.87. The molecule has 2 aromatic carbocycles. The van der Waals surface area contributed by atoms with Crippen molar-refractivity contribution in [3.8, 4) is 0 Å². The fourth-order valence-corrected chi connectivity index (χ4v) is 2.48. The summed E-state index contributed by atoms with van der Waals surface area (Å²) in [5.41, 5.74) is 1.67. The molecular weight excluding hydrogens is 320 g/mol. The zero-order chi connectivity index (χ0) is 17.6. The maximum atomic E-state index is 12.4. The van der Waals surface area contributed by atoms with Gasteiger partial charge in [0, 0.05) is 0 Å². The molecule has 0 radical (unpaired) electrons. The van der Waals surface area contributed by atoms with Crippen LogP contribution in [0.2, 0.25) is 0 Å². The van der Waals surface area contributed by atoms with E-state index < -0.39 is 18.0 Å². The van der Waals surface area contributed by atoms with E-state index in [0.29, 0.717) is 0 Å². The van der Waals surface area contributed by atoms with Gasteiger partial charge in [-0.15, -0.1) is 0 Å². The van der Waals surface area contributed by atoms with E-state index in [4.69, 9.17) is 14.3 Å². The van der Waals surface area contributed by atoms with Crippen LogP contribution in [0.5, 0.6) is 0 Å². The first-order chi connectivity index (χ1) is 12.1. The second-order valence-corrected chi connectivity index (χ2v) is 5.44. The van der Waals surface area contributed by atoms with Gasteiger partial charge in [-0.25, -0.2) is 4.79 Å². The summed E-state index contributed by atoms with van der Waals surface area (Å²) in [5.74, 6) is -1.49. The fourth-order valence-electron chi connectivity index (χ4n) is 2.48. The van der Waals surface area contributed by atoms with Gasteiger partial charge in [0.2, 0.25) is 5.76 Å². The summed E-state index contributed by atoms with van der Waals surface area (Å²) >= 11 is 0. The minimum Gasteiger partial charge on any atom is -0.481 e. The standard InChI is InChI=1S/C20H16O5/c21-18(22)13-16-11-12-17(24-16)20(23)25-19(14-7-3-1-4-8-14)15-9-5-2-6-10-15/h1-12,19H,13H2,(H,21,22). The molecule has 126 valence electrons. The van der Waals surface area contributed by atoms with Crippen LogP contribution in [-0.2, 0) is 16.0 Å². The van der Waals surface area contributed by atoms with Crippen molar-refractivity contribution < 1.29 is 23.8 Å². The van der Waals surface area contributed by atoms with Gasteiger partial charge in [-0.1, -0.05) is 60.7 Å². The van der Waals surface area contributed by atoms with Gasteiger partial charge in [0.15, 0.2) is 6.10 Å². The Kier molecular flexibility index (Phi) is 4.95. The second-order valence-electron chi connectivity index (χ2n) is 5.44. The molecule has 0 saturated heterocycles. The maximum absolute atomic E-state index is 12.4. The highest BCUT2D eigenvalue weighted by atomic mass is 16.6. The Morgan fingerprint density at radius 1 is 0.880 bits per heavy atom. The summed E-state index contributed by atoms with van der Waals surface area (Å²) in [6.45, 7) is 0. The first-order valence-electron chi connectivity index (χ1n) is 7.75. The van der Waals surface area contributed by atoms with Gasteiger partial charge in [-0.2, -0.15) is 0 Å². The number of furan rings is 1. The number of esters is 1. The second kappa shape index (κ2) is 7.49. The van der Waals surface area contributed by atoms with E-state index in [1.807, 2.05) is 60.7 Å². The van der Waals surface area contributed by atoms with Gasteiger partial charge in [-0.05, 0) is 23.3 Å². The maximum Gasteiger partial charge on any atom is 0.375 e. The molecule has 3 aromatic rings. The number of carboxylic acid groups (broad SMARTS) is 1. The van der Waals surface area contributed by atoms with Gasteiger partial charge in [0.25, 0.3) is 0 Å². The van der Waals surface area contributed by atoms with Gasteiger partial charge >= 0.3 is 11.9 Å². The Bertz CT molecular complexity index is 813. The zero-order valence-electron chi connectivity index (χ0n) is 13.3. The van der Waals surface area contributed by atoms with Crippen molar-refractivity contribution in [2.75, 3.05) is 0 Å². The molecule has 1 aromatic heterocycles. The minimum atomic E-state index is -1.03. The van der Waals surface area contributed by atoms with Crippen LogP contribution in [-0.4, -0.2) is 17.0 Å². The van der Waals surface area contributed by atoms with Crippen molar-refractivity contribution in [2.24, 2.45) is 0 Å². The molecular formula is C20H16O5. The SMILES string of the molecule is O=C(O)Cc1ccc(C(=O)OC(c2ccccc2)c2ccccc2)o1. The molecule has 5 nitrogen and oxygen atoms in total. The van der Waals surface area contributed by atoms with E-state index in [1.54, 1.807) is 0 Å². The van der Waals surface area contributed by atoms with Gasteiger partial charge in [0.05, 0.1) is 0 Å². The summed E-state index contributed by atoms with van der Waals surface area (Å²) in [6, 6.07) is 21.7. The largest absolute Gasteiger partial charge is 0.481 e. The molecule has 0 aliphatic rings. The normalized spacial score (nSPS) is 10.6. The van der Waals surface area contributed by atoms with Crippen LogP contribution in [0.4, 0.5) is 0 Å². The molecule has 0 unspecified atom stereocenters. The van der Waals surface area contributed by atoms with E-state index >= 15 is 0 Å². The van der Waals surface area contributed by atoms with Crippen molar-refractivity contribution in [1.82, 2.24) is 0 Å². The van der Waals surface area contributed by atoms with Crippen molar-refractivity contribution in [3.63, 3.8) is 0 Å². The number of benzene rings is 2. The van der Waals surface area contributed by atoms with Crippen LogP contribution in [0.25, 0.3) is 0 Å². The monoisotopic (exact) mass is 336 g/mol. The lowest BCUT2D eigenvalue weighted by molar-refractivity contribution is -0.136. The first kappa shape index (κ1) is 16.5. The number of hydrogen-bond acceptors (Lipinski definition) is 4. The first-order valence-corrected chi connectivity index (χ1v) is 7.75. The van der Waals surface area contributed by atoms with E-state index in [1.165, 1.54) is 12.1 Å². The third-order valence-electron chi connectivity index (χ3n) is 3.62. The van der Waals surface area contributed by atoms with Crippen molar-refractivity contribution in [2.45, 2.75) is 12.5 Å². The van der Waals surface area contributed by atoms with Crippen LogP contribution in [0.15, 0.2) is 77.2 Å². The Morgan fingerprint density at radius 2 is 1.44 bits per heavy atom. The molecule has 0 fully saturated rings. The van der Waals surface area contributed by atoms with Crippen LogP contribution in [0.3, 0.4) is 0 Å². The van der Waals surface area contributed by atoms with Crippen LogP contribution in [0.1, 0.15) is 33.5 Å². The van der Waals surface area contributed by atoms with Crippen molar-refractivity contribution in [3.05, 3.63) is 95.4 Å². The number of carbonyl (C=O) groups is 2. The van der Waals surface area contributed by atoms with E-state index in [-0.39, 0.29) is 17.9 Å². The molecule has 3 rings (SSSR count). The molecule has 0 spiro atoms. The Labute approximate surface area is 144 Å². The van der Waals surface area contributed by atoms with E-state index in [9.17, 15) is 9.59 Å². The summed E-state index contributed by atoms with van der Waals surface area (Å²) in [4.78, 5) is 23.2. The van der Waals surface area contributed by atoms with Crippen LogP contribution >= 0.6 is 0 Å². The minimum absolute atomic E-state index is 0.0203. The number of aliphatic carboxylic acids is 1. The quantitative estimate of drug-likeness (QED) is 0.692. The van der Waals surface area contributed by atoms with Gasteiger partial charge < -0.3 is 14.3 Å². The third-order valence-corrected chi connectivity index (χ3v) is 3.62. The van der Waals surface area contributed by atoms with Crippen molar-refractivity contribution >= 4 is 11.9 Å². The number of rotatable bonds is 6. The molecule has 0 amide bonds. The molecule has 0 bridgehead atoms. The van der Waals surface area contributed by atoms with E-state index in [2.05, 4.69) is 0 Å². The molecule has 1 N–H and O–H groups in total. The van der Waals surface area contributed by atoms with Crippen LogP contribution in [0, 0.1) is 0 Å². The highest BCUT2D eigenvalue weighted by Crippen LogP contribution is 2.27. The van der Waals surface area contributed by atoms with E-state index in [0.717, 1.165) is 11.1 Å². The number of carbonyl (C=O) groups excluding carboxylic acids is 1. The van der Waals surface area contributed by atoms with Gasteiger partial charge in [0.1, 0.15) is 12.2 Å². The lowest BCUT2D eigenvalue weighted by atomic mass is 10.0. The Hall–Kier alpha value is -3.34. The number of ether oxygens (including phenoxy) is 1. The fraction of sp³-hybridized carbons (Fsp3) is 0.100. The Morgan fingerprint density at radius 3 is 1.96 bits per heavy atom. The molecule has 0 aliphatic carbocycles. The number of hydrogen-bond donors (Lipinski definition) is 1. The average Bonchev–Trinajstić information content (AvgIpc) is 3.09. The molecule has 0 saturated carbocycles. The average molecular weight is 336 g/mol. The summed E-state index contributed by atoms with van der Waals surface area (Å²) in [5, 5.41) is 8.78. The molecule has 25 heavy (non-hydrogen) atoms. The molecule has 1 heterocycles. The predicted octanol–water partition coefficient (Wildman–Crippen LogP) is 3.85. The van der Waals surface area contributed by atoms with Crippen molar-refractivity contribution in [1.29, 1.82) is 0 Å². The van der Waals surface area contributed by atoms with Crippen LogP contribution < -0.4 is 0 Å². The Balaban J connectivity index is 1.84. The molecule has 0 atom stereocenters. The summed E-state index contributed by atoms with van der Waals surface area (Å²) in [6.07, 6.45) is -0.864. The summed E-state index contributed by atoms with van der Waals surface area (Å²) < 4.78 is 10.9. The summed E-state index contributed by atoms with van der Waals surface area (Å²) in [7, 11) is 0. The lowest BCUT2D eigenvalue weighted by Gasteiger charge is -2.18.